The van der Waals surface area contributed by atoms with E-state index in [2.05, 4.69) is 37.2 Å². The Kier molecular flexibility index (Phi) is 4.90. The molecular weight excluding hydrogens is 398 g/mol. The first-order valence-corrected chi connectivity index (χ1v) is 7.80. The highest BCUT2D eigenvalue weighted by Gasteiger charge is 2.12. The lowest BCUT2D eigenvalue weighted by atomic mass is 10.2. The van der Waals surface area contributed by atoms with Crippen molar-refractivity contribution in [3.8, 4) is 0 Å². The minimum atomic E-state index is -0.183. The van der Waals surface area contributed by atoms with E-state index in [9.17, 15) is 4.79 Å². The van der Waals surface area contributed by atoms with Gasteiger partial charge in [-0.05, 0) is 52.3 Å². The lowest BCUT2D eigenvalue weighted by Crippen LogP contribution is -2.16. The fraction of sp³-hybridized carbons (Fsp3) is 0.133. The highest BCUT2D eigenvalue weighted by Crippen LogP contribution is 2.29. The number of hydrogen-bond donors (Lipinski definition) is 2. The molecule has 110 valence electrons. The summed E-state index contributed by atoms with van der Waals surface area (Å²) in [4.78, 5) is 14.3. The average Bonchev–Trinajstić information content (AvgIpc) is 2.41. The van der Waals surface area contributed by atoms with E-state index in [0.717, 1.165) is 15.8 Å². The van der Waals surface area contributed by atoms with Gasteiger partial charge in [-0.15, -0.1) is 0 Å². The van der Waals surface area contributed by atoms with Gasteiger partial charge < -0.3 is 16.0 Å². The van der Waals surface area contributed by atoms with E-state index in [1.807, 2.05) is 37.2 Å². The third-order valence-electron chi connectivity index (χ3n) is 2.95. The number of carbonyl (C=O) groups excluding carboxylic acids is 1. The Balaban J connectivity index is 2.30. The number of rotatable bonds is 3. The molecule has 0 aliphatic rings. The molecule has 2 aromatic carbocycles. The predicted octanol–water partition coefficient (Wildman–Crippen LogP) is 4.11. The third-order valence-corrected chi connectivity index (χ3v) is 4.13. The molecule has 1 amide bonds. The van der Waals surface area contributed by atoms with Crippen LogP contribution in [0.15, 0.2) is 45.3 Å². The standard InChI is InChI=1S/C15H15Br2N3O/c1-20(2)14-6-4-10(16)8-13(14)19-15(21)9-3-5-12(18)11(17)7-9/h3-8H,18H2,1-2H3,(H,19,21). The van der Waals surface area contributed by atoms with Crippen LogP contribution in [-0.2, 0) is 0 Å². The largest absolute Gasteiger partial charge is 0.398 e. The predicted molar refractivity (Wildman–Crippen MR) is 95.0 cm³/mol. The number of anilines is 3. The maximum Gasteiger partial charge on any atom is 0.255 e. The summed E-state index contributed by atoms with van der Waals surface area (Å²) in [6.45, 7) is 0. The van der Waals surface area contributed by atoms with E-state index in [0.29, 0.717) is 15.7 Å². The molecule has 0 aliphatic carbocycles. The number of benzene rings is 2. The molecule has 0 bridgehead atoms. The van der Waals surface area contributed by atoms with Crippen LogP contribution in [0.4, 0.5) is 17.1 Å². The molecule has 0 aromatic heterocycles. The first-order chi connectivity index (χ1) is 9.88. The van der Waals surface area contributed by atoms with Gasteiger partial charge in [-0.25, -0.2) is 0 Å². The van der Waals surface area contributed by atoms with Crippen molar-refractivity contribution in [1.82, 2.24) is 0 Å². The van der Waals surface area contributed by atoms with Crippen molar-refractivity contribution in [3.63, 3.8) is 0 Å². The van der Waals surface area contributed by atoms with E-state index in [4.69, 9.17) is 5.73 Å². The molecule has 0 saturated heterocycles. The topological polar surface area (TPSA) is 58.4 Å². The number of nitrogens with zero attached hydrogens (tertiary/aromatic N) is 1. The second kappa shape index (κ2) is 6.49. The summed E-state index contributed by atoms with van der Waals surface area (Å²) in [6.07, 6.45) is 0. The van der Waals surface area contributed by atoms with Gasteiger partial charge in [-0.1, -0.05) is 15.9 Å². The molecule has 3 N–H and O–H groups in total. The lowest BCUT2D eigenvalue weighted by Gasteiger charge is -2.18. The number of hydrogen-bond acceptors (Lipinski definition) is 3. The van der Waals surface area contributed by atoms with Crippen LogP contribution in [0.2, 0.25) is 0 Å². The Morgan fingerprint density at radius 2 is 1.86 bits per heavy atom. The maximum absolute atomic E-state index is 12.4. The van der Waals surface area contributed by atoms with Gasteiger partial charge in [0.25, 0.3) is 5.91 Å². The first kappa shape index (κ1) is 15.9. The van der Waals surface area contributed by atoms with Crippen LogP contribution in [0.25, 0.3) is 0 Å². The SMILES string of the molecule is CN(C)c1ccc(Br)cc1NC(=O)c1ccc(N)c(Br)c1. The van der Waals surface area contributed by atoms with Crippen molar-refractivity contribution in [1.29, 1.82) is 0 Å². The molecule has 2 rings (SSSR count). The summed E-state index contributed by atoms with van der Waals surface area (Å²) in [5, 5.41) is 2.92. The first-order valence-electron chi connectivity index (χ1n) is 6.21. The van der Waals surface area contributed by atoms with Crippen molar-refractivity contribution in [3.05, 3.63) is 50.9 Å². The second-order valence-corrected chi connectivity index (χ2v) is 6.52. The third kappa shape index (κ3) is 3.77. The van der Waals surface area contributed by atoms with Crippen LogP contribution in [0, 0.1) is 0 Å². The number of nitrogens with one attached hydrogen (secondary N) is 1. The number of halogens is 2. The van der Waals surface area contributed by atoms with E-state index >= 15 is 0 Å². The molecule has 0 radical (unpaired) electrons. The molecule has 21 heavy (non-hydrogen) atoms. The minimum Gasteiger partial charge on any atom is -0.398 e. The molecule has 0 heterocycles. The van der Waals surface area contributed by atoms with Gasteiger partial charge in [0.15, 0.2) is 0 Å². The molecule has 6 heteroatoms. The monoisotopic (exact) mass is 411 g/mol. The zero-order chi connectivity index (χ0) is 15.6. The normalized spacial score (nSPS) is 10.3. The molecule has 0 unspecified atom stereocenters. The van der Waals surface area contributed by atoms with Crippen LogP contribution in [0.5, 0.6) is 0 Å². The van der Waals surface area contributed by atoms with Crippen molar-refractivity contribution in [2.24, 2.45) is 0 Å². The van der Waals surface area contributed by atoms with Crippen molar-refractivity contribution >= 4 is 54.8 Å². The fourth-order valence-electron chi connectivity index (χ4n) is 1.86. The van der Waals surface area contributed by atoms with E-state index in [1.54, 1.807) is 18.2 Å². The number of amides is 1. The molecular formula is C15H15Br2N3O. The van der Waals surface area contributed by atoms with Crippen LogP contribution in [-0.4, -0.2) is 20.0 Å². The van der Waals surface area contributed by atoms with Crippen molar-refractivity contribution < 1.29 is 4.79 Å². The van der Waals surface area contributed by atoms with Gasteiger partial charge in [0.2, 0.25) is 0 Å². The number of nitrogens with two attached hydrogens (primary N) is 1. The highest BCUT2D eigenvalue weighted by atomic mass is 79.9. The summed E-state index contributed by atoms with van der Waals surface area (Å²) in [5.41, 5.74) is 8.55. The zero-order valence-corrected chi connectivity index (χ0v) is 14.8. The van der Waals surface area contributed by atoms with Crippen molar-refractivity contribution in [2.75, 3.05) is 30.0 Å². The maximum atomic E-state index is 12.4. The quantitative estimate of drug-likeness (QED) is 0.745. The zero-order valence-electron chi connectivity index (χ0n) is 11.7. The molecule has 2 aromatic rings. The van der Waals surface area contributed by atoms with E-state index in [-0.39, 0.29) is 5.91 Å². The minimum absolute atomic E-state index is 0.183. The second-order valence-electron chi connectivity index (χ2n) is 4.75. The Morgan fingerprint density at radius 3 is 2.48 bits per heavy atom. The smallest absolute Gasteiger partial charge is 0.255 e. The molecule has 0 atom stereocenters. The molecule has 0 spiro atoms. The summed E-state index contributed by atoms with van der Waals surface area (Å²) >= 11 is 6.75. The van der Waals surface area contributed by atoms with Gasteiger partial charge in [-0.3, -0.25) is 4.79 Å². The van der Waals surface area contributed by atoms with Crippen LogP contribution in [0.1, 0.15) is 10.4 Å². The van der Waals surface area contributed by atoms with Crippen molar-refractivity contribution in [2.45, 2.75) is 0 Å². The Labute approximate surface area is 140 Å². The van der Waals surface area contributed by atoms with E-state index in [1.165, 1.54) is 0 Å². The lowest BCUT2D eigenvalue weighted by molar-refractivity contribution is 0.102. The molecule has 0 fully saturated rings. The summed E-state index contributed by atoms with van der Waals surface area (Å²) in [7, 11) is 3.86. The Bertz CT molecular complexity index is 687. The van der Waals surface area contributed by atoms with Crippen LogP contribution in [0.3, 0.4) is 0 Å². The van der Waals surface area contributed by atoms with Crippen LogP contribution >= 0.6 is 31.9 Å². The van der Waals surface area contributed by atoms with Gasteiger partial charge in [0, 0.05) is 34.3 Å². The highest BCUT2D eigenvalue weighted by molar-refractivity contribution is 9.10. The Hall–Kier alpha value is -1.53. The summed E-state index contributed by atoms with van der Waals surface area (Å²) < 4.78 is 1.61. The summed E-state index contributed by atoms with van der Waals surface area (Å²) in [6, 6.07) is 10.9. The average molecular weight is 413 g/mol. The summed E-state index contributed by atoms with van der Waals surface area (Å²) in [5.74, 6) is -0.183. The Morgan fingerprint density at radius 1 is 1.14 bits per heavy atom. The van der Waals surface area contributed by atoms with E-state index < -0.39 is 0 Å². The molecule has 0 saturated carbocycles. The number of nitrogen functional groups attached to an aromatic ring is 1. The molecule has 4 nitrogen and oxygen atoms in total. The molecule has 0 aliphatic heterocycles. The van der Waals surface area contributed by atoms with Gasteiger partial charge >= 0.3 is 0 Å². The van der Waals surface area contributed by atoms with Gasteiger partial charge in [0.1, 0.15) is 0 Å². The van der Waals surface area contributed by atoms with Crippen LogP contribution < -0.4 is 16.0 Å². The van der Waals surface area contributed by atoms with Gasteiger partial charge in [0.05, 0.1) is 11.4 Å². The van der Waals surface area contributed by atoms with Gasteiger partial charge in [-0.2, -0.15) is 0 Å². The number of carbonyl (C=O) groups is 1. The fourth-order valence-corrected chi connectivity index (χ4v) is 2.60.